The lowest BCUT2D eigenvalue weighted by Gasteiger charge is -2.07. The molecule has 114 valence electrons. The Bertz CT molecular complexity index is 385. The van der Waals surface area contributed by atoms with E-state index in [2.05, 4.69) is 37.7 Å². The first-order valence-electron chi connectivity index (χ1n) is 7.13. The maximum absolute atomic E-state index is 10.7. The molecule has 0 aromatic carbocycles. The average Bonchev–Trinajstić information content (AvgIpc) is 2.26. The molecular weight excluding hydrogens is 252 g/mol. The lowest BCUT2D eigenvalue weighted by atomic mass is 10.1. The minimum Gasteiger partial charge on any atom is -0.432 e. The quantitative estimate of drug-likeness (QED) is 0.410. The number of carbonyl (C=O) groups excluding carboxylic acids is 1. The van der Waals surface area contributed by atoms with Crippen molar-refractivity contribution in [1.82, 2.24) is 0 Å². The van der Waals surface area contributed by atoms with Crippen LogP contribution in [0.2, 0.25) is 0 Å². The molecule has 20 heavy (non-hydrogen) atoms. The molecule has 0 rings (SSSR count). The summed E-state index contributed by atoms with van der Waals surface area (Å²) in [7, 11) is 0. The summed E-state index contributed by atoms with van der Waals surface area (Å²) in [6, 6.07) is 0. The zero-order valence-electron chi connectivity index (χ0n) is 13.4. The Morgan fingerprint density at radius 2 is 1.55 bits per heavy atom. The van der Waals surface area contributed by atoms with Crippen molar-refractivity contribution in [2.24, 2.45) is 0 Å². The van der Waals surface area contributed by atoms with Crippen molar-refractivity contribution in [2.45, 2.75) is 66.6 Å². The van der Waals surface area contributed by atoms with Gasteiger partial charge in [0, 0.05) is 6.92 Å². The molecule has 0 heterocycles. The minimum atomic E-state index is -1.13. The standard InChI is InChI=1S/C17H28O3/c1-13(2)8-6-9-14(3)10-7-11-15(4)12-17(19)20-16(5)18/h8,10,12,17,19H,6-7,9,11H2,1-5H3/b14-10+,15-12+. The Kier molecular flexibility index (Phi) is 9.73. The van der Waals surface area contributed by atoms with E-state index < -0.39 is 12.3 Å². The van der Waals surface area contributed by atoms with Crippen LogP contribution in [0.1, 0.15) is 60.3 Å². The molecule has 3 heteroatoms. The van der Waals surface area contributed by atoms with Gasteiger partial charge in [-0.2, -0.15) is 0 Å². The van der Waals surface area contributed by atoms with Crippen LogP contribution in [-0.4, -0.2) is 17.4 Å². The Hall–Kier alpha value is -1.35. The molecule has 0 fully saturated rings. The molecule has 0 aliphatic carbocycles. The van der Waals surface area contributed by atoms with Crippen LogP contribution in [0.15, 0.2) is 34.9 Å². The molecule has 0 radical (unpaired) electrons. The first-order chi connectivity index (χ1) is 9.31. The molecule has 0 aliphatic rings. The summed E-state index contributed by atoms with van der Waals surface area (Å²) in [4.78, 5) is 10.7. The van der Waals surface area contributed by atoms with E-state index in [4.69, 9.17) is 0 Å². The Morgan fingerprint density at radius 3 is 2.10 bits per heavy atom. The second-order valence-electron chi connectivity index (χ2n) is 5.42. The molecule has 1 atom stereocenters. The van der Waals surface area contributed by atoms with Crippen molar-refractivity contribution in [3.63, 3.8) is 0 Å². The highest BCUT2D eigenvalue weighted by molar-refractivity contribution is 5.66. The number of carbonyl (C=O) groups is 1. The molecule has 0 bridgehead atoms. The topological polar surface area (TPSA) is 46.5 Å². The minimum absolute atomic E-state index is 0.475. The largest absolute Gasteiger partial charge is 0.432 e. The predicted octanol–water partition coefficient (Wildman–Crippen LogP) is 4.29. The summed E-state index contributed by atoms with van der Waals surface area (Å²) in [5, 5.41) is 9.43. The first-order valence-corrected chi connectivity index (χ1v) is 7.13. The number of allylic oxidation sites excluding steroid dienone is 5. The summed E-state index contributed by atoms with van der Waals surface area (Å²) in [5.41, 5.74) is 3.76. The molecule has 1 N–H and O–H groups in total. The van der Waals surface area contributed by atoms with Crippen molar-refractivity contribution in [1.29, 1.82) is 0 Å². The van der Waals surface area contributed by atoms with E-state index in [1.54, 1.807) is 6.08 Å². The van der Waals surface area contributed by atoms with Gasteiger partial charge >= 0.3 is 5.97 Å². The third kappa shape index (κ3) is 11.7. The number of aliphatic hydroxyl groups is 1. The lowest BCUT2D eigenvalue weighted by Crippen LogP contribution is -2.12. The van der Waals surface area contributed by atoms with Gasteiger partial charge in [-0.05, 0) is 59.5 Å². The van der Waals surface area contributed by atoms with Crippen LogP contribution < -0.4 is 0 Å². The summed E-state index contributed by atoms with van der Waals surface area (Å²) in [6.45, 7) is 9.58. The summed E-state index contributed by atoms with van der Waals surface area (Å²) < 4.78 is 4.64. The van der Waals surface area contributed by atoms with E-state index in [0.717, 1.165) is 31.3 Å². The van der Waals surface area contributed by atoms with Gasteiger partial charge in [-0.1, -0.05) is 28.9 Å². The maximum Gasteiger partial charge on any atom is 0.305 e. The van der Waals surface area contributed by atoms with E-state index in [1.807, 2.05) is 6.92 Å². The molecule has 3 nitrogen and oxygen atoms in total. The Balaban J connectivity index is 4.05. The van der Waals surface area contributed by atoms with Gasteiger partial charge in [0.2, 0.25) is 6.29 Å². The second kappa shape index (κ2) is 10.4. The number of rotatable bonds is 8. The van der Waals surface area contributed by atoms with Crippen LogP contribution in [0.4, 0.5) is 0 Å². The van der Waals surface area contributed by atoms with Gasteiger partial charge in [-0.25, -0.2) is 0 Å². The number of esters is 1. The molecule has 0 aromatic rings. The van der Waals surface area contributed by atoms with Gasteiger partial charge in [0.1, 0.15) is 0 Å². The third-order valence-corrected chi connectivity index (χ3v) is 2.84. The van der Waals surface area contributed by atoms with Gasteiger partial charge in [0.05, 0.1) is 0 Å². The van der Waals surface area contributed by atoms with Crippen LogP contribution in [0, 0.1) is 0 Å². The van der Waals surface area contributed by atoms with E-state index in [9.17, 15) is 9.90 Å². The normalized spacial score (nSPS) is 13.9. The van der Waals surface area contributed by atoms with E-state index in [-0.39, 0.29) is 0 Å². The zero-order chi connectivity index (χ0) is 15.5. The summed E-state index contributed by atoms with van der Waals surface area (Å²) in [6.07, 6.45) is 8.90. The highest BCUT2D eigenvalue weighted by atomic mass is 16.6. The predicted molar refractivity (Wildman–Crippen MR) is 83.2 cm³/mol. The average molecular weight is 280 g/mol. The van der Waals surface area contributed by atoms with Crippen LogP contribution >= 0.6 is 0 Å². The zero-order valence-corrected chi connectivity index (χ0v) is 13.4. The second-order valence-corrected chi connectivity index (χ2v) is 5.42. The van der Waals surface area contributed by atoms with Gasteiger partial charge in [-0.3, -0.25) is 4.79 Å². The van der Waals surface area contributed by atoms with Crippen molar-refractivity contribution < 1.29 is 14.6 Å². The fourth-order valence-electron chi connectivity index (χ4n) is 1.77. The van der Waals surface area contributed by atoms with Crippen molar-refractivity contribution in [2.75, 3.05) is 0 Å². The maximum atomic E-state index is 10.7. The Morgan fingerprint density at radius 1 is 1.00 bits per heavy atom. The summed E-state index contributed by atoms with van der Waals surface area (Å²) >= 11 is 0. The van der Waals surface area contributed by atoms with Gasteiger partial charge < -0.3 is 9.84 Å². The monoisotopic (exact) mass is 280 g/mol. The van der Waals surface area contributed by atoms with Crippen LogP contribution in [0.5, 0.6) is 0 Å². The fraction of sp³-hybridized carbons (Fsp3) is 0.588. The molecule has 0 spiro atoms. The number of hydrogen-bond acceptors (Lipinski definition) is 3. The van der Waals surface area contributed by atoms with E-state index >= 15 is 0 Å². The number of ether oxygens (including phenoxy) is 1. The molecule has 0 aromatic heterocycles. The van der Waals surface area contributed by atoms with Crippen LogP contribution in [0.25, 0.3) is 0 Å². The highest BCUT2D eigenvalue weighted by Crippen LogP contribution is 2.12. The molecular formula is C17H28O3. The molecule has 0 amide bonds. The molecule has 0 aliphatic heterocycles. The Labute approximate surface area is 123 Å². The third-order valence-electron chi connectivity index (χ3n) is 2.84. The van der Waals surface area contributed by atoms with Crippen molar-refractivity contribution >= 4 is 5.97 Å². The van der Waals surface area contributed by atoms with Crippen molar-refractivity contribution in [3.8, 4) is 0 Å². The first kappa shape index (κ1) is 18.7. The highest BCUT2D eigenvalue weighted by Gasteiger charge is 2.03. The van der Waals surface area contributed by atoms with Gasteiger partial charge in [0.25, 0.3) is 0 Å². The summed E-state index contributed by atoms with van der Waals surface area (Å²) in [5.74, 6) is -0.475. The van der Waals surface area contributed by atoms with Gasteiger partial charge in [-0.15, -0.1) is 0 Å². The smallest absolute Gasteiger partial charge is 0.305 e. The van der Waals surface area contributed by atoms with Gasteiger partial charge in [0.15, 0.2) is 0 Å². The van der Waals surface area contributed by atoms with E-state index in [1.165, 1.54) is 18.1 Å². The number of hydrogen-bond donors (Lipinski definition) is 1. The molecule has 0 saturated heterocycles. The number of aliphatic hydroxyl groups excluding tert-OH is 1. The van der Waals surface area contributed by atoms with Crippen molar-refractivity contribution in [3.05, 3.63) is 34.9 Å². The fourth-order valence-corrected chi connectivity index (χ4v) is 1.77. The van der Waals surface area contributed by atoms with Crippen LogP contribution in [-0.2, 0) is 9.53 Å². The SMILES string of the molecule is CC(=O)OC(O)/C=C(\C)CC/C=C(\C)CCC=C(C)C. The molecule has 0 saturated carbocycles. The molecule has 1 unspecified atom stereocenters. The lowest BCUT2D eigenvalue weighted by molar-refractivity contribution is -0.157. The van der Waals surface area contributed by atoms with Crippen LogP contribution in [0.3, 0.4) is 0 Å². The van der Waals surface area contributed by atoms with E-state index in [0.29, 0.717) is 0 Å².